The van der Waals surface area contributed by atoms with Gasteiger partial charge in [-0.1, -0.05) is 0 Å². The quantitative estimate of drug-likeness (QED) is 0.857. The summed E-state index contributed by atoms with van der Waals surface area (Å²) in [6, 6.07) is 8.47. The average Bonchev–Trinajstić information content (AvgIpc) is 2.41. The van der Waals surface area contributed by atoms with Crippen molar-refractivity contribution >= 4 is 6.09 Å². The number of amides is 1. The normalized spacial score (nSPS) is 10.1. The molecule has 0 aliphatic rings. The molecule has 0 spiro atoms. The highest BCUT2D eigenvalue weighted by Gasteiger charge is 2.15. The molecule has 1 amide bonds. The summed E-state index contributed by atoms with van der Waals surface area (Å²) >= 11 is 0. The van der Waals surface area contributed by atoms with Gasteiger partial charge in [0.15, 0.2) is 0 Å². The third kappa shape index (κ3) is 5.84. The van der Waals surface area contributed by atoms with Gasteiger partial charge in [-0.25, -0.2) is 4.79 Å². The number of hydrogen-bond donors (Lipinski definition) is 1. The molecule has 0 atom stereocenters. The maximum atomic E-state index is 11.4. The van der Waals surface area contributed by atoms with Crippen molar-refractivity contribution in [3.63, 3.8) is 0 Å². The number of ether oxygens (including phenoxy) is 2. The minimum absolute atomic E-state index is 0.232. The SMILES string of the molecule is CC(C)(C)OC(=O)NCCOc1ccc(C#N)c(C#N)c1. The molecule has 0 radical (unpaired) electrons. The molecule has 1 N–H and O–H groups in total. The predicted octanol–water partition coefficient (Wildman–Crippen LogP) is 2.33. The molecule has 1 aromatic carbocycles. The lowest BCUT2D eigenvalue weighted by atomic mass is 10.1. The number of nitrogens with zero attached hydrogens (tertiary/aromatic N) is 2. The number of carbonyl (C=O) groups excluding carboxylic acids is 1. The third-order valence-corrected chi connectivity index (χ3v) is 2.27. The predicted molar refractivity (Wildman–Crippen MR) is 75.6 cm³/mol. The van der Waals surface area contributed by atoms with Gasteiger partial charge in [0, 0.05) is 0 Å². The molecule has 0 saturated carbocycles. The van der Waals surface area contributed by atoms with Crippen LogP contribution in [0.15, 0.2) is 18.2 Å². The Labute approximate surface area is 123 Å². The Morgan fingerprint density at radius 1 is 1.24 bits per heavy atom. The summed E-state index contributed by atoms with van der Waals surface area (Å²) in [6.07, 6.45) is -0.511. The first-order valence-corrected chi connectivity index (χ1v) is 6.39. The van der Waals surface area contributed by atoms with Crippen molar-refractivity contribution in [3.05, 3.63) is 29.3 Å². The minimum atomic E-state index is -0.542. The Hall–Kier alpha value is -2.73. The first-order chi connectivity index (χ1) is 9.85. The van der Waals surface area contributed by atoms with E-state index in [1.165, 1.54) is 12.1 Å². The number of alkyl carbamates (subject to hydrolysis) is 1. The van der Waals surface area contributed by atoms with Gasteiger partial charge in [0.2, 0.25) is 0 Å². The maximum absolute atomic E-state index is 11.4. The second kappa shape index (κ2) is 7.16. The van der Waals surface area contributed by atoms with Gasteiger partial charge in [0.05, 0.1) is 17.7 Å². The fourth-order valence-corrected chi connectivity index (χ4v) is 1.44. The van der Waals surface area contributed by atoms with Crippen molar-refractivity contribution in [1.29, 1.82) is 10.5 Å². The van der Waals surface area contributed by atoms with Gasteiger partial charge >= 0.3 is 6.09 Å². The number of benzene rings is 1. The van der Waals surface area contributed by atoms with Crippen LogP contribution in [0.25, 0.3) is 0 Å². The first-order valence-electron chi connectivity index (χ1n) is 6.39. The molecule has 0 aromatic heterocycles. The highest BCUT2D eigenvalue weighted by Crippen LogP contribution is 2.16. The number of hydrogen-bond acceptors (Lipinski definition) is 5. The third-order valence-electron chi connectivity index (χ3n) is 2.27. The summed E-state index contributed by atoms with van der Waals surface area (Å²) in [7, 11) is 0. The Morgan fingerprint density at radius 3 is 2.48 bits per heavy atom. The molecule has 0 saturated heterocycles. The molecule has 0 fully saturated rings. The van der Waals surface area contributed by atoms with Gasteiger partial charge in [-0.3, -0.25) is 0 Å². The van der Waals surface area contributed by atoms with Crippen molar-refractivity contribution < 1.29 is 14.3 Å². The van der Waals surface area contributed by atoms with E-state index in [4.69, 9.17) is 20.0 Å². The van der Waals surface area contributed by atoms with E-state index in [0.29, 0.717) is 11.3 Å². The standard InChI is InChI=1S/C15H17N3O3/c1-15(2,3)21-14(19)18-6-7-20-13-5-4-11(9-16)12(8-13)10-17/h4-5,8H,6-7H2,1-3H3,(H,18,19). The molecule has 21 heavy (non-hydrogen) atoms. The molecular formula is C15H17N3O3. The van der Waals surface area contributed by atoms with E-state index in [0.717, 1.165) is 0 Å². The van der Waals surface area contributed by atoms with Crippen LogP contribution in [0.4, 0.5) is 4.79 Å². The second-order valence-electron chi connectivity index (χ2n) is 5.21. The molecule has 6 heteroatoms. The number of rotatable bonds is 4. The smallest absolute Gasteiger partial charge is 0.407 e. The van der Waals surface area contributed by atoms with Crippen molar-refractivity contribution in [2.75, 3.05) is 13.2 Å². The molecule has 6 nitrogen and oxygen atoms in total. The molecule has 0 aliphatic carbocycles. The highest BCUT2D eigenvalue weighted by molar-refractivity contribution is 5.67. The summed E-state index contributed by atoms with van der Waals surface area (Å²) < 4.78 is 10.5. The Kier molecular flexibility index (Phi) is 5.57. The average molecular weight is 287 g/mol. The first kappa shape index (κ1) is 16.3. The van der Waals surface area contributed by atoms with Crippen LogP contribution in [-0.4, -0.2) is 24.8 Å². The van der Waals surface area contributed by atoms with Crippen molar-refractivity contribution in [2.45, 2.75) is 26.4 Å². The van der Waals surface area contributed by atoms with E-state index in [2.05, 4.69) is 5.32 Å². The summed E-state index contributed by atoms with van der Waals surface area (Å²) in [5, 5.41) is 20.3. The largest absolute Gasteiger partial charge is 0.492 e. The monoisotopic (exact) mass is 287 g/mol. The molecule has 1 aromatic rings. The van der Waals surface area contributed by atoms with Crippen LogP contribution in [-0.2, 0) is 4.74 Å². The van der Waals surface area contributed by atoms with Crippen molar-refractivity contribution in [3.8, 4) is 17.9 Å². The van der Waals surface area contributed by atoms with Crippen molar-refractivity contribution in [1.82, 2.24) is 5.32 Å². The van der Waals surface area contributed by atoms with E-state index < -0.39 is 11.7 Å². The van der Waals surface area contributed by atoms with Gasteiger partial charge in [-0.2, -0.15) is 10.5 Å². The minimum Gasteiger partial charge on any atom is -0.492 e. The van der Waals surface area contributed by atoms with E-state index in [1.54, 1.807) is 26.8 Å². The van der Waals surface area contributed by atoms with E-state index in [1.807, 2.05) is 12.1 Å². The van der Waals surface area contributed by atoms with Crippen molar-refractivity contribution in [2.24, 2.45) is 0 Å². The Balaban J connectivity index is 2.42. The number of nitriles is 2. The zero-order valence-corrected chi connectivity index (χ0v) is 12.3. The van der Waals surface area contributed by atoms with Crippen LogP contribution >= 0.6 is 0 Å². The number of carbonyl (C=O) groups is 1. The zero-order chi connectivity index (χ0) is 15.9. The summed E-state index contributed by atoms with van der Waals surface area (Å²) in [5.74, 6) is 0.469. The lowest BCUT2D eigenvalue weighted by Gasteiger charge is -2.19. The molecule has 0 heterocycles. The van der Waals surface area contributed by atoms with Gasteiger partial charge in [0.25, 0.3) is 0 Å². The molecule has 1 rings (SSSR count). The topological polar surface area (TPSA) is 95.1 Å². The lowest BCUT2D eigenvalue weighted by Crippen LogP contribution is -2.34. The highest BCUT2D eigenvalue weighted by atomic mass is 16.6. The van der Waals surface area contributed by atoms with Crippen LogP contribution in [0.5, 0.6) is 5.75 Å². The fourth-order valence-electron chi connectivity index (χ4n) is 1.44. The molecule has 110 valence electrons. The number of nitrogens with one attached hydrogen (secondary N) is 1. The Bertz CT molecular complexity index is 592. The van der Waals surface area contributed by atoms with E-state index in [9.17, 15) is 4.79 Å². The van der Waals surface area contributed by atoms with E-state index in [-0.39, 0.29) is 18.7 Å². The van der Waals surface area contributed by atoms with Gasteiger partial charge < -0.3 is 14.8 Å². The van der Waals surface area contributed by atoms with Crippen LogP contribution in [0.2, 0.25) is 0 Å². The van der Waals surface area contributed by atoms with E-state index >= 15 is 0 Å². The fraction of sp³-hybridized carbons (Fsp3) is 0.400. The lowest BCUT2D eigenvalue weighted by molar-refractivity contribution is 0.0520. The summed E-state index contributed by atoms with van der Waals surface area (Å²) in [6.45, 7) is 5.85. The second-order valence-corrected chi connectivity index (χ2v) is 5.21. The van der Waals surface area contributed by atoms with Crippen LogP contribution in [0, 0.1) is 22.7 Å². The van der Waals surface area contributed by atoms with Gasteiger partial charge in [-0.15, -0.1) is 0 Å². The zero-order valence-electron chi connectivity index (χ0n) is 12.3. The molecule has 0 bridgehead atoms. The van der Waals surface area contributed by atoms with Gasteiger partial charge in [0.1, 0.15) is 30.1 Å². The van der Waals surface area contributed by atoms with Crippen LogP contribution < -0.4 is 10.1 Å². The molecule has 0 aliphatic heterocycles. The van der Waals surface area contributed by atoms with Gasteiger partial charge in [-0.05, 0) is 39.0 Å². The van der Waals surface area contributed by atoms with Crippen LogP contribution in [0.1, 0.15) is 31.9 Å². The molecule has 0 unspecified atom stereocenters. The summed E-state index contributed by atoms with van der Waals surface area (Å²) in [4.78, 5) is 11.4. The maximum Gasteiger partial charge on any atom is 0.407 e. The molecular weight excluding hydrogens is 270 g/mol. The Morgan fingerprint density at radius 2 is 1.90 bits per heavy atom. The van der Waals surface area contributed by atoms with Crippen LogP contribution in [0.3, 0.4) is 0 Å². The summed E-state index contributed by atoms with van der Waals surface area (Å²) in [5.41, 5.74) is 0.0200.